The zero-order valence-corrected chi connectivity index (χ0v) is 11.3. The molecular formula is C13H10BrNO4. The van der Waals surface area contributed by atoms with Crippen LogP contribution in [0.25, 0.3) is 0 Å². The van der Waals surface area contributed by atoms with Gasteiger partial charge in [0.1, 0.15) is 0 Å². The molecule has 0 spiro atoms. The van der Waals surface area contributed by atoms with Crippen LogP contribution < -0.4 is 0 Å². The largest absolute Gasteiger partial charge is 0.478 e. The van der Waals surface area contributed by atoms with Gasteiger partial charge in [-0.1, -0.05) is 0 Å². The number of H-pyrrole nitrogens is 1. The van der Waals surface area contributed by atoms with Crippen LogP contribution in [0.2, 0.25) is 0 Å². The predicted octanol–water partition coefficient (Wildman–Crippen LogP) is 2.76. The number of carboxylic acid groups (broad SMARTS) is 2. The van der Waals surface area contributed by atoms with Gasteiger partial charge in [-0.25, -0.2) is 9.59 Å². The van der Waals surface area contributed by atoms with E-state index in [9.17, 15) is 9.59 Å². The van der Waals surface area contributed by atoms with Gasteiger partial charge in [0.2, 0.25) is 0 Å². The van der Waals surface area contributed by atoms with Crippen molar-refractivity contribution >= 4 is 27.9 Å². The second kappa shape index (κ2) is 5.27. The average Bonchev–Trinajstić information content (AvgIpc) is 2.74. The minimum atomic E-state index is -1.14. The quantitative estimate of drug-likeness (QED) is 0.806. The van der Waals surface area contributed by atoms with Crippen LogP contribution in [0.3, 0.4) is 0 Å². The third kappa shape index (κ3) is 3.23. The molecule has 0 bridgehead atoms. The normalized spacial score (nSPS) is 10.4. The molecule has 6 heteroatoms. The first-order valence-electron chi connectivity index (χ1n) is 5.39. The van der Waals surface area contributed by atoms with Crippen LogP contribution in [-0.4, -0.2) is 27.1 Å². The Hall–Kier alpha value is -2.08. The number of aromatic amines is 1. The Balaban J connectivity index is 2.38. The van der Waals surface area contributed by atoms with Gasteiger partial charge in [-0.15, -0.1) is 0 Å². The van der Waals surface area contributed by atoms with Crippen LogP contribution >= 0.6 is 15.9 Å². The predicted molar refractivity (Wildman–Crippen MR) is 71.7 cm³/mol. The van der Waals surface area contributed by atoms with E-state index in [4.69, 9.17) is 10.2 Å². The Labute approximate surface area is 117 Å². The third-order valence-electron chi connectivity index (χ3n) is 2.59. The topological polar surface area (TPSA) is 90.4 Å². The average molecular weight is 324 g/mol. The van der Waals surface area contributed by atoms with Crippen LogP contribution in [0.15, 0.2) is 34.9 Å². The van der Waals surface area contributed by atoms with E-state index in [1.54, 1.807) is 0 Å². The van der Waals surface area contributed by atoms with Crippen LogP contribution in [0.1, 0.15) is 32.0 Å². The van der Waals surface area contributed by atoms with E-state index in [0.29, 0.717) is 12.0 Å². The summed E-state index contributed by atoms with van der Waals surface area (Å²) in [6.07, 6.45) is 0.438. The molecule has 1 heterocycles. The van der Waals surface area contributed by atoms with Gasteiger partial charge in [-0.2, -0.15) is 0 Å². The highest BCUT2D eigenvalue weighted by molar-refractivity contribution is 9.10. The smallest absolute Gasteiger partial charge is 0.335 e. The molecule has 0 aliphatic carbocycles. The fourth-order valence-electron chi connectivity index (χ4n) is 1.77. The standard InChI is InChI=1S/C13H10BrNO4/c14-11-2-1-10(15-11)5-7-3-8(12(16)17)6-9(4-7)13(18)19/h1-4,6,15H,5H2,(H,16,17)(H,18,19). The van der Waals surface area contributed by atoms with Gasteiger partial charge in [0.15, 0.2) is 0 Å². The summed E-state index contributed by atoms with van der Waals surface area (Å²) in [6.45, 7) is 0. The number of carboxylic acids is 2. The molecule has 19 heavy (non-hydrogen) atoms. The van der Waals surface area contributed by atoms with Crippen LogP contribution in [0.5, 0.6) is 0 Å². The fraction of sp³-hybridized carbons (Fsp3) is 0.0769. The van der Waals surface area contributed by atoms with E-state index in [2.05, 4.69) is 20.9 Å². The number of halogens is 1. The summed E-state index contributed by atoms with van der Waals surface area (Å²) in [5.41, 5.74) is 1.44. The summed E-state index contributed by atoms with van der Waals surface area (Å²) in [6, 6.07) is 7.78. The van der Waals surface area contributed by atoms with Gasteiger partial charge in [0.05, 0.1) is 15.7 Å². The monoisotopic (exact) mass is 323 g/mol. The molecule has 2 rings (SSSR count). The molecule has 0 aliphatic heterocycles. The zero-order valence-electron chi connectivity index (χ0n) is 9.68. The van der Waals surface area contributed by atoms with Crippen LogP contribution in [-0.2, 0) is 6.42 Å². The van der Waals surface area contributed by atoms with Crippen molar-refractivity contribution in [2.75, 3.05) is 0 Å². The Morgan fingerprint density at radius 2 is 1.63 bits per heavy atom. The lowest BCUT2D eigenvalue weighted by Crippen LogP contribution is -2.04. The summed E-state index contributed by atoms with van der Waals surface area (Å²) >= 11 is 3.28. The number of carbonyl (C=O) groups is 2. The number of nitrogens with one attached hydrogen (secondary N) is 1. The Morgan fingerprint density at radius 1 is 1.05 bits per heavy atom. The van der Waals surface area contributed by atoms with Gasteiger partial charge in [0, 0.05) is 12.1 Å². The van der Waals surface area contributed by atoms with Crippen molar-refractivity contribution in [2.24, 2.45) is 0 Å². The number of aromatic nitrogens is 1. The van der Waals surface area contributed by atoms with E-state index < -0.39 is 11.9 Å². The molecule has 0 atom stereocenters. The summed E-state index contributed by atoms with van der Waals surface area (Å²) < 4.78 is 0.815. The maximum Gasteiger partial charge on any atom is 0.335 e. The summed E-state index contributed by atoms with van der Waals surface area (Å²) in [7, 11) is 0. The summed E-state index contributed by atoms with van der Waals surface area (Å²) in [4.78, 5) is 25.0. The maximum atomic E-state index is 11.0. The molecule has 2 aromatic rings. The van der Waals surface area contributed by atoms with E-state index in [1.165, 1.54) is 12.1 Å². The van der Waals surface area contributed by atoms with Crippen molar-refractivity contribution in [3.8, 4) is 0 Å². The van der Waals surface area contributed by atoms with Gasteiger partial charge >= 0.3 is 11.9 Å². The molecule has 3 N–H and O–H groups in total. The number of hydrogen-bond acceptors (Lipinski definition) is 2. The number of benzene rings is 1. The molecule has 0 unspecified atom stereocenters. The van der Waals surface area contributed by atoms with Crippen molar-refractivity contribution in [1.82, 2.24) is 4.98 Å². The van der Waals surface area contributed by atoms with Gasteiger partial charge in [-0.3, -0.25) is 0 Å². The maximum absolute atomic E-state index is 11.0. The first-order valence-corrected chi connectivity index (χ1v) is 6.19. The SMILES string of the molecule is O=C(O)c1cc(Cc2ccc(Br)[nH]2)cc(C(=O)O)c1. The number of hydrogen-bond donors (Lipinski definition) is 3. The molecule has 1 aromatic carbocycles. The van der Waals surface area contributed by atoms with Crippen LogP contribution in [0, 0.1) is 0 Å². The lowest BCUT2D eigenvalue weighted by Gasteiger charge is -2.04. The Kier molecular flexibility index (Phi) is 3.71. The lowest BCUT2D eigenvalue weighted by atomic mass is 10.0. The van der Waals surface area contributed by atoms with Crippen LogP contribution in [0.4, 0.5) is 0 Å². The molecule has 98 valence electrons. The number of aromatic carboxylic acids is 2. The second-order valence-corrected chi connectivity index (χ2v) is 4.89. The van der Waals surface area contributed by atoms with Crippen molar-refractivity contribution in [1.29, 1.82) is 0 Å². The van der Waals surface area contributed by atoms with E-state index in [-0.39, 0.29) is 11.1 Å². The molecule has 5 nitrogen and oxygen atoms in total. The molecule has 0 radical (unpaired) electrons. The van der Waals surface area contributed by atoms with Crippen molar-refractivity contribution in [2.45, 2.75) is 6.42 Å². The van der Waals surface area contributed by atoms with Crippen molar-refractivity contribution < 1.29 is 19.8 Å². The lowest BCUT2D eigenvalue weighted by molar-refractivity contribution is 0.0696. The molecule has 0 aliphatic rings. The van der Waals surface area contributed by atoms with Gasteiger partial charge < -0.3 is 15.2 Å². The van der Waals surface area contributed by atoms with E-state index in [1.807, 2.05) is 12.1 Å². The summed E-state index contributed by atoms with van der Waals surface area (Å²) in [5.74, 6) is -2.28. The fourth-order valence-corrected chi connectivity index (χ4v) is 2.16. The first kappa shape index (κ1) is 13.4. The molecular weight excluding hydrogens is 314 g/mol. The third-order valence-corrected chi connectivity index (χ3v) is 3.05. The van der Waals surface area contributed by atoms with Crippen molar-refractivity contribution in [3.63, 3.8) is 0 Å². The van der Waals surface area contributed by atoms with E-state index >= 15 is 0 Å². The Morgan fingerprint density at radius 3 is 2.05 bits per heavy atom. The Bertz CT molecular complexity index is 616. The number of rotatable bonds is 4. The highest BCUT2D eigenvalue weighted by Gasteiger charge is 2.12. The van der Waals surface area contributed by atoms with Crippen molar-refractivity contribution in [3.05, 3.63) is 57.3 Å². The second-order valence-electron chi connectivity index (χ2n) is 4.04. The summed E-state index contributed by atoms with van der Waals surface area (Å²) in [5, 5.41) is 18.0. The highest BCUT2D eigenvalue weighted by Crippen LogP contribution is 2.16. The minimum absolute atomic E-state index is 0.0273. The van der Waals surface area contributed by atoms with Gasteiger partial charge in [-0.05, 0) is 51.8 Å². The zero-order chi connectivity index (χ0) is 14.0. The minimum Gasteiger partial charge on any atom is -0.478 e. The molecule has 0 saturated carbocycles. The highest BCUT2D eigenvalue weighted by atomic mass is 79.9. The molecule has 0 fully saturated rings. The molecule has 0 amide bonds. The van der Waals surface area contributed by atoms with Gasteiger partial charge in [0.25, 0.3) is 0 Å². The first-order chi connectivity index (χ1) is 8.95. The molecule has 0 saturated heterocycles. The molecule has 1 aromatic heterocycles. The van der Waals surface area contributed by atoms with E-state index in [0.717, 1.165) is 16.4 Å².